The first kappa shape index (κ1) is 10.5. The molecule has 0 bridgehead atoms. The Balaban J connectivity index is 2.15. The van der Waals surface area contributed by atoms with E-state index in [1.54, 1.807) is 12.1 Å². The molecule has 4 nitrogen and oxygen atoms in total. The predicted molar refractivity (Wildman–Crippen MR) is 59.8 cm³/mol. The van der Waals surface area contributed by atoms with Crippen LogP contribution in [0.5, 0.6) is 0 Å². The van der Waals surface area contributed by atoms with E-state index in [0.29, 0.717) is 22.9 Å². The third-order valence-electron chi connectivity index (χ3n) is 2.58. The molecule has 0 amide bonds. The SMILES string of the molecule is NNC(=NC1CCCC1)c1ccc(Cl)o1. The molecule has 0 aromatic carbocycles. The molecule has 1 heterocycles. The van der Waals surface area contributed by atoms with Crippen molar-refractivity contribution < 1.29 is 4.42 Å². The number of aliphatic imine (C=N–C) groups is 1. The van der Waals surface area contributed by atoms with Gasteiger partial charge in [-0.15, -0.1) is 0 Å². The van der Waals surface area contributed by atoms with Gasteiger partial charge >= 0.3 is 0 Å². The van der Waals surface area contributed by atoms with Crippen molar-refractivity contribution in [1.29, 1.82) is 0 Å². The Morgan fingerprint density at radius 1 is 1.47 bits per heavy atom. The van der Waals surface area contributed by atoms with Gasteiger partial charge in [0.1, 0.15) is 0 Å². The first-order chi connectivity index (χ1) is 7.29. The minimum atomic E-state index is 0.347. The van der Waals surface area contributed by atoms with Crippen LogP contribution in [0.3, 0.4) is 0 Å². The highest BCUT2D eigenvalue weighted by atomic mass is 35.5. The summed E-state index contributed by atoms with van der Waals surface area (Å²) in [6, 6.07) is 3.80. The number of hydrogen-bond donors (Lipinski definition) is 2. The number of nitrogens with one attached hydrogen (secondary N) is 1. The molecule has 1 saturated carbocycles. The maximum atomic E-state index is 5.69. The minimum Gasteiger partial charge on any atom is -0.441 e. The zero-order valence-electron chi connectivity index (χ0n) is 8.37. The van der Waals surface area contributed by atoms with Crippen LogP contribution in [0.4, 0.5) is 0 Å². The minimum absolute atomic E-state index is 0.347. The van der Waals surface area contributed by atoms with Crippen molar-refractivity contribution in [3.8, 4) is 0 Å². The highest BCUT2D eigenvalue weighted by Gasteiger charge is 2.16. The fourth-order valence-corrected chi connectivity index (χ4v) is 1.98. The number of furan rings is 1. The predicted octanol–water partition coefficient (Wildman–Crippen LogP) is 2.09. The normalized spacial score (nSPS) is 18.4. The molecule has 2 rings (SSSR count). The lowest BCUT2D eigenvalue weighted by Gasteiger charge is -2.06. The third kappa shape index (κ3) is 2.52. The standard InChI is InChI=1S/C10H14ClN3O/c11-9-6-5-8(15-9)10(14-12)13-7-3-1-2-4-7/h5-7H,1-4,12H2,(H,13,14). The first-order valence-corrected chi connectivity index (χ1v) is 5.47. The van der Waals surface area contributed by atoms with Crippen molar-refractivity contribution in [2.24, 2.45) is 10.8 Å². The van der Waals surface area contributed by atoms with E-state index < -0.39 is 0 Å². The molecular weight excluding hydrogens is 214 g/mol. The van der Waals surface area contributed by atoms with Gasteiger partial charge in [-0.3, -0.25) is 4.99 Å². The molecule has 1 aliphatic carbocycles. The highest BCUT2D eigenvalue weighted by Crippen LogP contribution is 2.22. The Hall–Kier alpha value is -1.00. The molecule has 0 radical (unpaired) electrons. The number of amidine groups is 1. The summed E-state index contributed by atoms with van der Waals surface area (Å²) in [6.45, 7) is 0. The maximum absolute atomic E-state index is 5.69. The summed E-state index contributed by atoms with van der Waals surface area (Å²) < 4.78 is 5.24. The van der Waals surface area contributed by atoms with Gasteiger partial charge in [0.2, 0.25) is 0 Å². The van der Waals surface area contributed by atoms with Crippen LogP contribution in [0.15, 0.2) is 21.5 Å². The molecule has 1 aromatic rings. The Morgan fingerprint density at radius 2 is 2.20 bits per heavy atom. The smallest absolute Gasteiger partial charge is 0.194 e. The number of nitrogens with zero attached hydrogens (tertiary/aromatic N) is 1. The van der Waals surface area contributed by atoms with Crippen LogP contribution in [0.1, 0.15) is 31.4 Å². The molecule has 1 aliphatic rings. The van der Waals surface area contributed by atoms with E-state index in [9.17, 15) is 0 Å². The van der Waals surface area contributed by atoms with Gasteiger partial charge in [0.05, 0.1) is 6.04 Å². The van der Waals surface area contributed by atoms with Gasteiger partial charge in [-0.1, -0.05) is 12.8 Å². The van der Waals surface area contributed by atoms with Crippen molar-refractivity contribution in [2.75, 3.05) is 0 Å². The number of rotatable bonds is 2. The Kier molecular flexibility index (Phi) is 3.28. The zero-order chi connectivity index (χ0) is 10.7. The van der Waals surface area contributed by atoms with E-state index in [0.717, 1.165) is 12.8 Å². The summed E-state index contributed by atoms with van der Waals surface area (Å²) in [7, 11) is 0. The average molecular weight is 228 g/mol. The average Bonchev–Trinajstić information content (AvgIpc) is 2.85. The summed E-state index contributed by atoms with van der Waals surface area (Å²) in [5.74, 6) is 6.58. The van der Waals surface area contributed by atoms with Gasteiger partial charge in [0.15, 0.2) is 16.8 Å². The Morgan fingerprint density at radius 3 is 2.73 bits per heavy atom. The van der Waals surface area contributed by atoms with Crippen molar-refractivity contribution in [3.63, 3.8) is 0 Å². The maximum Gasteiger partial charge on any atom is 0.194 e. The van der Waals surface area contributed by atoms with Crippen LogP contribution in [0.2, 0.25) is 5.22 Å². The summed E-state index contributed by atoms with van der Waals surface area (Å²) in [6.07, 6.45) is 4.73. The molecule has 82 valence electrons. The van der Waals surface area contributed by atoms with E-state index in [-0.39, 0.29) is 0 Å². The van der Waals surface area contributed by atoms with Crippen molar-refractivity contribution in [3.05, 3.63) is 23.1 Å². The van der Waals surface area contributed by atoms with Crippen LogP contribution >= 0.6 is 11.6 Å². The largest absolute Gasteiger partial charge is 0.441 e. The van der Waals surface area contributed by atoms with Gasteiger partial charge in [-0.05, 0) is 36.6 Å². The zero-order valence-corrected chi connectivity index (χ0v) is 9.13. The summed E-state index contributed by atoms with van der Waals surface area (Å²) in [4.78, 5) is 4.51. The molecule has 0 aliphatic heterocycles. The second-order valence-electron chi connectivity index (χ2n) is 3.66. The lowest BCUT2D eigenvalue weighted by molar-refractivity contribution is 0.553. The van der Waals surface area contributed by atoms with E-state index in [1.807, 2.05) is 0 Å². The van der Waals surface area contributed by atoms with Gasteiger partial charge in [-0.2, -0.15) is 0 Å². The molecule has 3 N–H and O–H groups in total. The molecule has 15 heavy (non-hydrogen) atoms. The molecular formula is C10H14ClN3O. The quantitative estimate of drug-likeness (QED) is 0.352. The van der Waals surface area contributed by atoms with E-state index in [2.05, 4.69) is 10.4 Å². The van der Waals surface area contributed by atoms with Crippen molar-refractivity contribution >= 4 is 17.4 Å². The fraction of sp³-hybridized carbons (Fsp3) is 0.500. The number of hydrogen-bond acceptors (Lipinski definition) is 3. The molecule has 0 unspecified atom stereocenters. The van der Waals surface area contributed by atoms with Gasteiger partial charge in [0.25, 0.3) is 0 Å². The summed E-state index contributed by atoms with van der Waals surface area (Å²) in [5.41, 5.74) is 2.56. The van der Waals surface area contributed by atoms with Gasteiger partial charge < -0.3 is 9.84 Å². The molecule has 0 atom stereocenters. The molecule has 1 fully saturated rings. The van der Waals surface area contributed by atoms with Gasteiger partial charge in [-0.25, -0.2) is 5.84 Å². The molecule has 0 saturated heterocycles. The third-order valence-corrected chi connectivity index (χ3v) is 2.78. The lowest BCUT2D eigenvalue weighted by Crippen LogP contribution is -2.31. The lowest BCUT2D eigenvalue weighted by atomic mass is 10.2. The first-order valence-electron chi connectivity index (χ1n) is 5.09. The van der Waals surface area contributed by atoms with Crippen molar-refractivity contribution in [2.45, 2.75) is 31.7 Å². The van der Waals surface area contributed by atoms with Gasteiger partial charge in [0, 0.05) is 0 Å². The molecule has 5 heteroatoms. The highest BCUT2D eigenvalue weighted by molar-refractivity contribution is 6.29. The monoisotopic (exact) mass is 227 g/mol. The Bertz CT molecular complexity index is 355. The second-order valence-corrected chi connectivity index (χ2v) is 4.04. The number of nitrogens with two attached hydrogens (primary N) is 1. The van der Waals surface area contributed by atoms with Crippen LogP contribution in [0, 0.1) is 0 Å². The Labute approximate surface area is 93.5 Å². The summed E-state index contributed by atoms with van der Waals surface area (Å²) in [5, 5.41) is 0.347. The van der Waals surface area contributed by atoms with Crippen LogP contribution in [-0.2, 0) is 0 Å². The number of hydrazine groups is 1. The van der Waals surface area contributed by atoms with Crippen LogP contribution in [0.25, 0.3) is 0 Å². The molecule has 1 aromatic heterocycles. The van der Waals surface area contributed by atoms with E-state index in [1.165, 1.54) is 12.8 Å². The van der Waals surface area contributed by atoms with Crippen LogP contribution < -0.4 is 11.3 Å². The van der Waals surface area contributed by atoms with E-state index in [4.69, 9.17) is 21.9 Å². The summed E-state index contributed by atoms with van der Waals surface area (Å²) >= 11 is 5.69. The molecule has 0 spiro atoms. The van der Waals surface area contributed by atoms with Crippen molar-refractivity contribution in [1.82, 2.24) is 5.43 Å². The number of halogens is 1. The van der Waals surface area contributed by atoms with E-state index >= 15 is 0 Å². The second kappa shape index (κ2) is 4.68. The topological polar surface area (TPSA) is 63.5 Å². The van der Waals surface area contributed by atoms with Crippen LogP contribution in [-0.4, -0.2) is 11.9 Å². The fourth-order valence-electron chi connectivity index (χ4n) is 1.83.